The topological polar surface area (TPSA) is 0 Å². The van der Waals surface area contributed by atoms with Crippen LogP contribution in [0.5, 0.6) is 0 Å². The highest BCUT2D eigenvalue weighted by Crippen LogP contribution is 2.32. The van der Waals surface area contributed by atoms with E-state index in [1.807, 2.05) is 0 Å². The molecule has 2 rings (SSSR count). The highest BCUT2D eigenvalue weighted by molar-refractivity contribution is 6.20. The van der Waals surface area contributed by atoms with E-state index in [4.69, 9.17) is 11.6 Å². The standard InChI is InChI=1S/C14H19Cl/c1-11-5-2-3-8-13(11)10-14(15)9-12-6-4-7-12/h2-3,5,8,12,14H,4,6-7,9-10H2,1H3. The van der Waals surface area contributed by atoms with Gasteiger partial charge in [-0.3, -0.25) is 0 Å². The summed E-state index contributed by atoms with van der Waals surface area (Å²) in [4.78, 5) is 0. The second kappa shape index (κ2) is 5.03. The van der Waals surface area contributed by atoms with Gasteiger partial charge in [-0.2, -0.15) is 0 Å². The van der Waals surface area contributed by atoms with Crippen molar-refractivity contribution in [3.8, 4) is 0 Å². The lowest BCUT2D eigenvalue weighted by molar-refractivity contribution is 0.292. The van der Waals surface area contributed by atoms with E-state index >= 15 is 0 Å². The number of rotatable bonds is 4. The zero-order chi connectivity index (χ0) is 10.7. The molecule has 0 amide bonds. The van der Waals surface area contributed by atoms with Crippen LogP contribution in [-0.2, 0) is 6.42 Å². The number of hydrogen-bond acceptors (Lipinski definition) is 0. The van der Waals surface area contributed by atoms with Gasteiger partial charge in [-0.05, 0) is 36.8 Å². The smallest absolute Gasteiger partial charge is 0.0379 e. The Morgan fingerprint density at radius 1 is 1.33 bits per heavy atom. The molecule has 1 unspecified atom stereocenters. The predicted molar refractivity (Wildman–Crippen MR) is 66.5 cm³/mol. The molecule has 1 aromatic carbocycles. The fraction of sp³-hybridized carbons (Fsp3) is 0.571. The van der Waals surface area contributed by atoms with Crippen LogP contribution < -0.4 is 0 Å². The maximum absolute atomic E-state index is 6.39. The quantitative estimate of drug-likeness (QED) is 0.665. The van der Waals surface area contributed by atoms with E-state index in [0.29, 0.717) is 5.38 Å². The maximum Gasteiger partial charge on any atom is 0.0379 e. The summed E-state index contributed by atoms with van der Waals surface area (Å²) in [5.74, 6) is 0.913. The Labute approximate surface area is 97.6 Å². The van der Waals surface area contributed by atoms with Gasteiger partial charge in [-0.25, -0.2) is 0 Å². The van der Waals surface area contributed by atoms with E-state index < -0.39 is 0 Å². The summed E-state index contributed by atoms with van der Waals surface area (Å²) in [5, 5.41) is 0.330. The molecule has 0 radical (unpaired) electrons. The zero-order valence-corrected chi connectivity index (χ0v) is 10.1. The maximum atomic E-state index is 6.39. The number of alkyl halides is 1. The first kappa shape index (κ1) is 11.0. The SMILES string of the molecule is Cc1ccccc1CC(Cl)CC1CCC1. The molecule has 1 aliphatic rings. The number of aryl methyl sites for hydroxylation is 1. The molecule has 0 nitrogen and oxygen atoms in total. The summed E-state index contributed by atoms with van der Waals surface area (Å²) in [5.41, 5.74) is 2.79. The minimum absolute atomic E-state index is 0.330. The fourth-order valence-corrected chi connectivity index (χ4v) is 2.67. The minimum Gasteiger partial charge on any atom is -0.123 e. The Morgan fingerprint density at radius 3 is 2.67 bits per heavy atom. The highest BCUT2D eigenvalue weighted by Gasteiger charge is 2.21. The lowest BCUT2D eigenvalue weighted by Crippen LogP contribution is -2.17. The van der Waals surface area contributed by atoms with Gasteiger partial charge < -0.3 is 0 Å². The van der Waals surface area contributed by atoms with Crippen LogP contribution in [0.25, 0.3) is 0 Å². The van der Waals surface area contributed by atoms with Gasteiger partial charge in [0.2, 0.25) is 0 Å². The second-order valence-corrected chi connectivity index (χ2v) is 5.38. The van der Waals surface area contributed by atoms with Crippen LogP contribution in [0.4, 0.5) is 0 Å². The van der Waals surface area contributed by atoms with Crippen molar-refractivity contribution in [3.05, 3.63) is 35.4 Å². The van der Waals surface area contributed by atoms with Gasteiger partial charge in [-0.1, -0.05) is 43.5 Å². The van der Waals surface area contributed by atoms with Gasteiger partial charge in [0.25, 0.3) is 0 Å². The lowest BCUT2D eigenvalue weighted by atomic mass is 9.81. The summed E-state index contributed by atoms with van der Waals surface area (Å²) in [6.45, 7) is 2.17. The van der Waals surface area contributed by atoms with Crippen molar-refractivity contribution >= 4 is 11.6 Å². The van der Waals surface area contributed by atoms with Crippen molar-refractivity contribution in [2.24, 2.45) is 5.92 Å². The van der Waals surface area contributed by atoms with E-state index in [2.05, 4.69) is 31.2 Å². The van der Waals surface area contributed by atoms with E-state index in [9.17, 15) is 0 Å². The Hall–Kier alpha value is -0.490. The molecule has 1 aliphatic carbocycles. The second-order valence-electron chi connectivity index (χ2n) is 4.76. The van der Waals surface area contributed by atoms with Crippen LogP contribution in [0.3, 0.4) is 0 Å². The van der Waals surface area contributed by atoms with Crippen molar-refractivity contribution in [1.82, 2.24) is 0 Å². The Morgan fingerprint density at radius 2 is 2.07 bits per heavy atom. The fourth-order valence-electron chi connectivity index (χ4n) is 2.25. The molecule has 0 aromatic heterocycles. The van der Waals surface area contributed by atoms with Gasteiger partial charge in [0.05, 0.1) is 0 Å². The number of halogens is 1. The molecular formula is C14H19Cl. The third-order valence-electron chi connectivity index (χ3n) is 3.52. The Kier molecular flexibility index (Phi) is 3.69. The molecule has 15 heavy (non-hydrogen) atoms. The molecule has 82 valence electrons. The average molecular weight is 223 g/mol. The van der Waals surface area contributed by atoms with Crippen molar-refractivity contribution in [1.29, 1.82) is 0 Å². The summed E-state index contributed by atoms with van der Waals surface area (Å²) in [6, 6.07) is 8.57. The third kappa shape index (κ3) is 2.98. The van der Waals surface area contributed by atoms with Crippen LogP contribution >= 0.6 is 11.6 Å². The summed E-state index contributed by atoms with van der Waals surface area (Å²) in [7, 11) is 0. The van der Waals surface area contributed by atoms with Crippen LogP contribution in [0.1, 0.15) is 36.8 Å². The zero-order valence-electron chi connectivity index (χ0n) is 9.38. The van der Waals surface area contributed by atoms with E-state index in [0.717, 1.165) is 12.3 Å². The van der Waals surface area contributed by atoms with Crippen LogP contribution in [0, 0.1) is 12.8 Å². The molecule has 0 saturated heterocycles. The molecule has 1 fully saturated rings. The van der Waals surface area contributed by atoms with Crippen molar-refractivity contribution in [2.45, 2.75) is 44.4 Å². The van der Waals surface area contributed by atoms with E-state index in [-0.39, 0.29) is 0 Å². The molecule has 1 atom stereocenters. The lowest BCUT2D eigenvalue weighted by Gasteiger charge is -2.27. The molecule has 0 heterocycles. The molecule has 0 aliphatic heterocycles. The minimum atomic E-state index is 0.330. The summed E-state index contributed by atoms with van der Waals surface area (Å²) >= 11 is 6.39. The van der Waals surface area contributed by atoms with Crippen LogP contribution in [0.2, 0.25) is 0 Å². The Balaban J connectivity index is 1.87. The van der Waals surface area contributed by atoms with E-state index in [1.165, 1.54) is 36.8 Å². The van der Waals surface area contributed by atoms with Gasteiger partial charge in [0, 0.05) is 5.38 Å². The van der Waals surface area contributed by atoms with Gasteiger partial charge in [-0.15, -0.1) is 11.6 Å². The highest BCUT2D eigenvalue weighted by atomic mass is 35.5. The molecule has 0 bridgehead atoms. The molecule has 0 spiro atoms. The largest absolute Gasteiger partial charge is 0.123 e. The number of benzene rings is 1. The first-order chi connectivity index (χ1) is 7.25. The predicted octanol–water partition coefficient (Wildman–Crippen LogP) is 4.34. The van der Waals surface area contributed by atoms with Crippen molar-refractivity contribution < 1.29 is 0 Å². The molecule has 1 heteroatoms. The monoisotopic (exact) mass is 222 g/mol. The number of hydrogen-bond donors (Lipinski definition) is 0. The normalized spacial score (nSPS) is 18.5. The molecule has 1 aromatic rings. The average Bonchev–Trinajstić information content (AvgIpc) is 2.16. The summed E-state index contributed by atoms with van der Waals surface area (Å²) < 4.78 is 0. The van der Waals surface area contributed by atoms with Crippen LogP contribution in [-0.4, -0.2) is 5.38 Å². The van der Waals surface area contributed by atoms with Gasteiger partial charge in [0.15, 0.2) is 0 Å². The van der Waals surface area contributed by atoms with Crippen LogP contribution in [0.15, 0.2) is 24.3 Å². The molecular weight excluding hydrogens is 204 g/mol. The molecule has 0 N–H and O–H groups in total. The molecule has 1 saturated carbocycles. The third-order valence-corrected chi connectivity index (χ3v) is 3.85. The van der Waals surface area contributed by atoms with Gasteiger partial charge >= 0.3 is 0 Å². The summed E-state index contributed by atoms with van der Waals surface area (Å²) in [6.07, 6.45) is 6.45. The first-order valence-corrected chi connectivity index (χ1v) is 6.38. The van der Waals surface area contributed by atoms with Crippen molar-refractivity contribution in [2.75, 3.05) is 0 Å². The van der Waals surface area contributed by atoms with E-state index in [1.54, 1.807) is 0 Å². The van der Waals surface area contributed by atoms with Crippen molar-refractivity contribution in [3.63, 3.8) is 0 Å². The first-order valence-electron chi connectivity index (χ1n) is 5.94. The van der Waals surface area contributed by atoms with Gasteiger partial charge in [0.1, 0.15) is 0 Å². The Bertz CT molecular complexity index is 315.